The Bertz CT molecular complexity index is 227. The highest BCUT2D eigenvalue weighted by Crippen LogP contribution is 1.73. The molecule has 0 unspecified atom stereocenters. The number of carbonyl (C=O) groups excluding carboxylic acids is 2. The zero-order valence-corrected chi connectivity index (χ0v) is 9.43. The van der Waals surface area contributed by atoms with Gasteiger partial charge in [0.2, 0.25) is 0 Å². The van der Waals surface area contributed by atoms with Crippen LogP contribution in [0.25, 0.3) is 0 Å². The quantitative estimate of drug-likeness (QED) is 0.270. The maximum atomic E-state index is 11.1. The molecule has 0 aromatic rings. The summed E-state index contributed by atoms with van der Waals surface area (Å²) in [7, 11) is 4.08. The molecule has 15 heavy (non-hydrogen) atoms. The summed E-state index contributed by atoms with van der Waals surface area (Å²) in [5.74, 6) is -1.18. The van der Waals surface area contributed by atoms with Crippen molar-refractivity contribution >= 4 is 11.8 Å². The van der Waals surface area contributed by atoms with Gasteiger partial charge in [-0.3, -0.25) is 9.59 Å². The van der Waals surface area contributed by atoms with Crippen LogP contribution in [0.2, 0.25) is 0 Å². The Kier molecular flexibility index (Phi) is 7.27. The minimum atomic E-state index is -0.605. The highest BCUT2D eigenvalue weighted by molar-refractivity contribution is 6.35. The van der Waals surface area contributed by atoms with Crippen LogP contribution < -0.4 is 15.5 Å². The van der Waals surface area contributed by atoms with Crippen LogP contribution in [0.1, 0.15) is 6.42 Å². The average molecular weight is 214 g/mol. The Morgan fingerprint density at radius 2 is 1.87 bits per heavy atom. The Labute approximate surface area is 90.5 Å². The Hall–Kier alpha value is -1.36. The van der Waals surface area contributed by atoms with E-state index in [2.05, 4.69) is 17.2 Å². The van der Waals surface area contributed by atoms with Gasteiger partial charge in [0.05, 0.1) is 20.6 Å². The van der Waals surface area contributed by atoms with E-state index >= 15 is 0 Å². The van der Waals surface area contributed by atoms with Gasteiger partial charge in [0.15, 0.2) is 0 Å². The van der Waals surface area contributed by atoms with Crippen LogP contribution in [0, 0.1) is 0 Å². The van der Waals surface area contributed by atoms with Crippen molar-refractivity contribution in [1.82, 2.24) is 10.6 Å². The Morgan fingerprint density at radius 1 is 1.27 bits per heavy atom. The van der Waals surface area contributed by atoms with Crippen LogP contribution >= 0.6 is 0 Å². The molecule has 0 fully saturated rings. The van der Waals surface area contributed by atoms with Crippen molar-refractivity contribution in [3.05, 3.63) is 12.7 Å². The molecular formula is C10H20N3O2+. The van der Waals surface area contributed by atoms with Crippen LogP contribution in [0.4, 0.5) is 0 Å². The van der Waals surface area contributed by atoms with E-state index in [1.165, 1.54) is 11.0 Å². The van der Waals surface area contributed by atoms with Gasteiger partial charge >= 0.3 is 11.8 Å². The molecule has 5 heteroatoms. The first kappa shape index (κ1) is 13.6. The van der Waals surface area contributed by atoms with Crippen molar-refractivity contribution in [2.24, 2.45) is 0 Å². The lowest BCUT2D eigenvalue weighted by Crippen LogP contribution is -3.05. The summed E-state index contributed by atoms with van der Waals surface area (Å²) in [6.45, 7) is 5.25. The highest BCUT2D eigenvalue weighted by atomic mass is 16.2. The van der Waals surface area contributed by atoms with E-state index in [1.807, 2.05) is 14.1 Å². The van der Waals surface area contributed by atoms with E-state index in [4.69, 9.17) is 0 Å². The van der Waals surface area contributed by atoms with Crippen molar-refractivity contribution < 1.29 is 14.5 Å². The molecule has 0 saturated carbocycles. The molecule has 0 aromatic heterocycles. The van der Waals surface area contributed by atoms with Crippen LogP contribution in [0.3, 0.4) is 0 Å². The summed E-state index contributed by atoms with van der Waals surface area (Å²) in [5.41, 5.74) is 0. The standard InChI is InChI=1S/C10H19N3O2/c1-4-6-11-9(14)10(15)12-7-5-8-13(2)3/h4H,1,5-8H2,2-3H3,(H,11,14)(H,12,15)/p+1. The molecular weight excluding hydrogens is 194 g/mol. The SMILES string of the molecule is C=CCNC(=O)C(=O)NCCC[NH+](C)C. The van der Waals surface area contributed by atoms with Gasteiger partial charge in [-0.15, -0.1) is 6.58 Å². The molecule has 0 saturated heterocycles. The third kappa shape index (κ3) is 7.69. The normalized spacial score (nSPS) is 9.80. The fourth-order valence-corrected chi connectivity index (χ4v) is 0.969. The number of quaternary nitrogens is 1. The number of carbonyl (C=O) groups is 2. The van der Waals surface area contributed by atoms with E-state index in [0.29, 0.717) is 13.1 Å². The third-order valence-electron chi connectivity index (χ3n) is 1.75. The van der Waals surface area contributed by atoms with Gasteiger partial charge in [0, 0.05) is 19.5 Å². The predicted octanol–water partition coefficient (Wildman–Crippen LogP) is -2.06. The van der Waals surface area contributed by atoms with Crippen molar-refractivity contribution in [3.63, 3.8) is 0 Å². The van der Waals surface area contributed by atoms with Crippen molar-refractivity contribution in [2.75, 3.05) is 33.7 Å². The lowest BCUT2D eigenvalue weighted by atomic mass is 10.4. The topological polar surface area (TPSA) is 62.6 Å². The Morgan fingerprint density at radius 3 is 2.40 bits per heavy atom. The first-order valence-corrected chi connectivity index (χ1v) is 5.04. The molecule has 0 aliphatic heterocycles. The van der Waals surface area contributed by atoms with Crippen molar-refractivity contribution in [1.29, 1.82) is 0 Å². The highest BCUT2D eigenvalue weighted by Gasteiger charge is 2.10. The van der Waals surface area contributed by atoms with Crippen LogP contribution in [0.15, 0.2) is 12.7 Å². The van der Waals surface area contributed by atoms with Gasteiger partial charge in [0.25, 0.3) is 0 Å². The van der Waals surface area contributed by atoms with Crippen molar-refractivity contribution in [2.45, 2.75) is 6.42 Å². The summed E-state index contributed by atoms with van der Waals surface area (Å²) in [4.78, 5) is 23.5. The predicted molar refractivity (Wildman–Crippen MR) is 58.5 cm³/mol. The first-order chi connectivity index (χ1) is 7.07. The number of nitrogens with one attached hydrogen (secondary N) is 3. The number of hydrogen-bond acceptors (Lipinski definition) is 2. The molecule has 0 radical (unpaired) electrons. The van der Waals surface area contributed by atoms with Gasteiger partial charge < -0.3 is 15.5 Å². The second-order valence-electron chi connectivity index (χ2n) is 3.57. The second kappa shape index (κ2) is 7.99. The third-order valence-corrected chi connectivity index (χ3v) is 1.75. The summed E-state index contributed by atoms with van der Waals surface area (Å²) in [6, 6.07) is 0. The number of rotatable bonds is 6. The lowest BCUT2D eigenvalue weighted by Gasteiger charge is -2.07. The molecule has 0 aliphatic rings. The molecule has 3 N–H and O–H groups in total. The molecule has 0 aromatic carbocycles. The minimum Gasteiger partial charge on any atom is -0.348 e. The molecule has 0 spiro atoms. The van der Waals surface area contributed by atoms with Gasteiger partial charge in [-0.2, -0.15) is 0 Å². The molecule has 0 aliphatic carbocycles. The smallest absolute Gasteiger partial charge is 0.309 e. The molecule has 86 valence electrons. The Balaban J connectivity index is 3.55. The summed E-state index contributed by atoms with van der Waals surface area (Å²) in [6.07, 6.45) is 2.39. The largest absolute Gasteiger partial charge is 0.348 e. The van der Waals surface area contributed by atoms with Gasteiger partial charge in [-0.1, -0.05) is 6.08 Å². The van der Waals surface area contributed by atoms with E-state index in [9.17, 15) is 9.59 Å². The summed E-state index contributed by atoms with van der Waals surface area (Å²) >= 11 is 0. The second-order valence-corrected chi connectivity index (χ2v) is 3.57. The molecule has 0 atom stereocenters. The first-order valence-electron chi connectivity index (χ1n) is 5.04. The molecule has 2 amide bonds. The lowest BCUT2D eigenvalue weighted by molar-refractivity contribution is -0.858. The molecule has 5 nitrogen and oxygen atoms in total. The van der Waals surface area contributed by atoms with Crippen LogP contribution in [-0.2, 0) is 9.59 Å². The fraction of sp³-hybridized carbons (Fsp3) is 0.600. The molecule has 0 rings (SSSR count). The van der Waals surface area contributed by atoms with Crippen LogP contribution in [-0.4, -0.2) is 45.5 Å². The summed E-state index contributed by atoms with van der Waals surface area (Å²) < 4.78 is 0. The maximum Gasteiger partial charge on any atom is 0.309 e. The van der Waals surface area contributed by atoms with Gasteiger partial charge in [-0.05, 0) is 0 Å². The van der Waals surface area contributed by atoms with Gasteiger partial charge in [0.1, 0.15) is 0 Å². The maximum absolute atomic E-state index is 11.1. The van der Waals surface area contributed by atoms with E-state index in [-0.39, 0.29) is 0 Å². The molecule has 0 bridgehead atoms. The minimum absolute atomic E-state index is 0.314. The zero-order valence-electron chi connectivity index (χ0n) is 9.43. The fourth-order valence-electron chi connectivity index (χ4n) is 0.969. The van der Waals surface area contributed by atoms with Gasteiger partial charge in [-0.25, -0.2) is 0 Å². The summed E-state index contributed by atoms with van der Waals surface area (Å²) in [5, 5.41) is 4.96. The van der Waals surface area contributed by atoms with E-state index in [1.54, 1.807) is 0 Å². The van der Waals surface area contributed by atoms with Crippen LogP contribution in [0.5, 0.6) is 0 Å². The zero-order chi connectivity index (χ0) is 11.7. The molecule has 0 heterocycles. The number of hydrogen-bond donors (Lipinski definition) is 3. The van der Waals surface area contributed by atoms with Crippen molar-refractivity contribution in [3.8, 4) is 0 Å². The van der Waals surface area contributed by atoms with E-state index in [0.717, 1.165) is 13.0 Å². The average Bonchev–Trinajstić information content (AvgIpc) is 2.20. The number of amides is 2. The monoisotopic (exact) mass is 214 g/mol. The van der Waals surface area contributed by atoms with E-state index < -0.39 is 11.8 Å².